The zero-order chi connectivity index (χ0) is 43.4. The fourth-order valence-electron chi connectivity index (χ4n) is 9.31. The molecule has 0 aliphatic heterocycles. The van der Waals surface area contributed by atoms with Gasteiger partial charge in [-0.1, -0.05) is 104 Å². The first-order valence-electron chi connectivity index (χ1n) is 21.2. The molecule has 0 bridgehead atoms. The van der Waals surface area contributed by atoms with Crippen molar-refractivity contribution >= 4 is 61.1 Å². The van der Waals surface area contributed by atoms with Gasteiger partial charge in [0.05, 0.1) is 25.8 Å². The second kappa shape index (κ2) is 16.2. The van der Waals surface area contributed by atoms with Crippen molar-refractivity contribution in [3.8, 4) is 43.8 Å². The molecule has 2 aromatic heterocycles. The van der Waals surface area contributed by atoms with E-state index in [0.717, 1.165) is 53.7 Å². The summed E-state index contributed by atoms with van der Waals surface area (Å²) in [5, 5.41) is 1.85. The number of aromatic nitrogens is 2. The van der Waals surface area contributed by atoms with Crippen molar-refractivity contribution in [2.75, 3.05) is 26.4 Å². The Kier molecular flexibility index (Phi) is 10.0. The third-order valence-electron chi connectivity index (χ3n) is 12.4. The molecule has 2 heterocycles. The molecule has 0 saturated heterocycles. The van der Waals surface area contributed by atoms with Gasteiger partial charge in [0, 0.05) is 23.3 Å². The summed E-state index contributed by atoms with van der Waals surface area (Å²) in [4.78, 5) is 32.9. The smallest absolute Gasteiger partial charge is 0.330 e. The van der Waals surface area contributed by atoms with Crippen molar-refractivity contribution in [1.82, 2.24) is 9.97 Å². The zero-order valence-electron chi connectivity index (χ0n) is 34.6. The maximum Gasteiger partial charge on any atom is 0.330 e. The molecule has 2 atom stereocenters. The average Bonchev–Trinajstić information content (AvgIpc) is 3.68. The van der Waals surface area contributed by atoms with Crippen molar-refractivity contribution in [3.63, 3.8) is 0 Å². The molecule has 8 nitrogen and oxygen atoms in total. The standard InChI is InChI=1S/C54H40N2O6S2/c1-3-50(57)61-25-23-59-38-19-21-46-48(29-38)63-52(55-46)32-11-15-36(16-12-32)54(44-8-6-5-7-40(44)43-28-35-10-9-34-27-41(34)42(35)31-45(43)54)37-17-13-33(14-18-37)53-56-47-22-20-39(30-49(47)64-53)60-24-26-62-51(58)4-2/h3-22,28-31,34,41H,1-2,23-27H2. The largest absolute Gasteiger partial charge is 0.490 e. The first kappa shape index (κ1) is 39.7. The van der Waals surface area contributed by atoms with Gasteiger partial charge in [-0.05, 0) is 105 Å². The SMILES string of the molecule is C=CC(=O)OCCOc1ccc2nc(-c3ccc(C4(c5ccc(-c6nc7ccc(OCCOC(=O)C=C)cc7s6)cc5)c5ccccc5-c5cc6c(cc54)C4CC4C=C6)cc3)sc2c1. The summed E-state index contributed by atoms with van der Waals surface area (Å²) >= 11 is 3.25. The van der Waals surface area contributed by atoms with Crippen molar-refractivity contribution in [2.45, 2.75) is 17.8 Å². The van der Waals surface area contributed by atoms with Crippen LogP contribution in [0.4, 0.5) is 0 Å². The van der Waals surface area contributed by atoms with Crippen molar-refractivity contribution < 1.29 is 28.5 Å². The number of fused-ring (bicyclic) bond motifs is 8. The number of carbonyl (C=O) groups excluding carboxylic acids is 2. The lowest BCUT2D eigenvalue weighted by atomic mass is 9.67. The minimum Gasteiger partial charge on any atom is -0.490 e. The molecular formula is C54H40N2O6S2. The van der Waals surface area contributed by atoms with Crippen molar-refractivity contribution in [2.24, 2.45) is 5.92 Å². The van der Waals surface area contributed by atoms with Gasteiger partial charge in [0.15, 0.2) is 0 Å². The van der Waals surface area contributed by atoms with Gasteiger partial charge in [-0.2, -0.15) is 0 Å². The van der Waals surface area contributed by atoms with E-state index in [1.165, 1.54) is 50.9 Å². The van der Waals surface area contributed by atoms with Gasteiger partial charge >= 0.3 is 11.9 Å². The Hall–Kier alpha value is -7.14. The second-order valence-corrected chi connectivity index (χ2v) is 18.1. The van der Waals surface area contributed by atoms with Crippen LogP contribution in [0.5, 0.6) is 11.5 Å². The van der Waals surface area contributed by atoms with Gasteiger partial charge in [0.1, 0.15) is 47.9 Å². The molecule has 2 unspecified atom stereocenters. The summed E-state index contributed by atoms with van der Waals surface area (Å²) in [6, 6.07) is 43.5. The van der Waals surface area contributed by atoms with E-state index >= 15 is 0 Å². The predicted molar refractivity (Wildman–Crippen MR) is 254 cm³/mol. The molecule has 11 rings (SSSR count). The van der Waals surface area contributed by atoms with Crippen LogP contribution in [0.2, 0.25) is 0 Å². The summed E-state index contributed by atoms with van der Waals surface area (Å²) in [5.74, 6) is 1.64. The Morgan fingerprint density at radius 3 is 1.77 bits per heavy atom. The lowest BCUT2D eigenvalue weighted by molar-refractivity contribution is -0.139. The molecule has 0 radical (unpaired) electrons. The number of ether oxygens (including phenoxy) is 4. The van der Waals surface area contributed by atoms with E-state index in [0.29, 0.717) is 23.3 Å². The van der Waals surface area contributed by atoms with Crippen LogP contribution in [-0.4, -0.2) is 48.3 Å². The molecule has 1 saturated carbocycles. The molecule has 64 heavy (non-hydrogen) atoms. The third-order valence-corrected chi connectivity index (χ3v) is 14.5. The molecule has 314 valence electrons. The van der Waals surface area contributed by atoms with Crippen molar-refractivity contribution in [3.05, 3.63) is 186 Å². The van der Waals surface area contributed by atoms with Crippen LogP contribution in [0.1, 0.15) is 45.7 Å². The van der Waals surface area contributed by atoms with E-state index < -0.39 is 17.4 Å². The Morgan fingerprint density at radius 2 is 1.20 bits per heavy atom. The fraction of sp³-hybridized carbons (Fsp3) is 0.148. The molecule has 1 fully saturated rings. The minimum absolute atomic E-state index is 0.145. The minimum atomic E-state index is -0.580. The monoisotopic (exact) mass is 876 g/mol. The highest BCUT2D eigenvalue weighted by Gasteiger charge is 2.48. The van der Waals surface area contributed by atoms with E-state index in [1.54, 1.807) is 22.7 Å². The van der Waals surface area contributed by atoms with Crippen molar-refractivity contribution in [1.29, 1.82) is 0 Å². The highest BCUT2D eigenvalue weighted by atomic mass is 32.1. The molecule has 0 spiro atoms. The topological polar surface area (TPSA) is 96.8 Å². The number of esters is 2. The number of hydrogen-bond donors (Lipinski definition) is 0. The van der Waals surface area contributed by atoms with E-state index in [-0.39, 0.29) is 26.4 Å². The first-order chi connectivity index (χ1) is 31.4. The summed E-state index contributed by atoms with van der Waals surface area (Å²) in [7, 11) is 0. The number of carbonyl (C=O) groups is 2. The van der Waals surface area contributed by atoms with Gasteiger partial charge in [-0.3, -0.25) is 0 Å². The van der Waals surface area contributed by atoms with Crippen LogP contribution >= 0.6 is 22.7 Å². The zero-order valence-corrected chi connectivity index (χ0v) is 36.3. The molecule has 10 heteroatoms. The van der Waals surface area contributed by atoms with Gasteiger partial charge < -0.3 is 18.9 Å². The van der Waals surface area contributed by atoms with Gasteiger partial charge in [-0.15, -0.1) is 22.7 Å². The van der Waals surface area contributed by atoms with E-state index in [2.05, 4.69) is 110 Å². The molecule has 3 aliphatic rings. The molecule has 3 aliphatic carbocycles. The van der Waals surface area contributed by atoms with E-state index in [4.69, 9.17) is 28.9 Å². The number of allylic oxidation sites excluding steroid dienone is 1. The van der Waals surface area contributed by atoms with Crippen LogP contribution in [-0.2, 0) is 24.5 Å². The Balaban J connectivity index is 0.951. The first-order valence-corrected chi connectivity index (χ1v) is 22.9. The Bertz CT molecular complexity index is 3050. The Morgan fingerprint density at radius 1 is 0.641 bits per heavy atom. The van der Waals surface area contributed by atoms with Crippen LogP contribution in [0.3, 0.4) is 0 Å². The maximum atomic E-state index is 11.4. The maximum absolute atomic E-state index is 11.4. The second-order valence-electron chi connectivity index (χ2n) is 16.1. The van der Waals surface area contributed by atoms with Crippen LogP contribution in [0.25, 0.3) is 58.8 Å². The molecule has 8 aromatic rings. The lowest BCUT2D eigenvalue weighted by Gasteiger charge is -2.34. The molecule has 0 amide bonds. The van der Waals surface area contributed by atoms with Crippen LogP contribution < -0.4 is 9.47 Å². The quantitative estimate of drug-likeness (QED) is 0.0605. The highest BCUT2D eigenvalue weighted by Crippen LogP contribution is 2.60. The van der Waals surface area contributed by atoms with E-state index in [1.807, 2.05) is 36.4 Å². The van der Waals surface area contributed by atoms with Gasteiger partial charge in [0.25, 0.3) is 0 Å². The third kappa shape index (κ3) is 6.99. The molecular weight excluding hydrogens is 837 g/mol. The normalized spacial score (nSPS) is 16.0. The van der Waals surface area contributed by atoms with Crippen LogP contribution in [0.15, 0.2) is 153 Å². The average molecular weight is 877 g/mol. The summed E-state index contributed by atoms with van der Waals surface area (Å²) in [6.45, 7) is 7.64. The fourth-order valence-corrected chi connectivity index (χ4v) is 11.3. The Labute approximate surface area is 377 Å². The predicted octanol–water partition coefficient (Wildman–Crippen LogP) is 11.9. The summed E-state index contributed by atoms with van der Waals surface area (Å²) < 4.78 is 23.9. The lowest BCUT2D eigenvalue weighted by Crippen LogP contribution is -2.28. The number of thiazole rings is 2. The molecule has 6 aromatic carbocycles. The van der Waals surface area contributed by atoms with Gasteiger partial charge in [-0.25, -0.2) is 19.6 Å². The van der Waals surface area contributed by atoms with Gasteiger partial charge in [0.2, 0.25) is 0 Å². The summed E-state index contributed by atoms with van der Waals surface area (Å²) in [6.07, 6.45) is 8.21. The van der Waals surface area contributed by atoms with Crippen LogP contribution in [0, 0.1) is 5.92 Å². The number of benzene rings is 6. The number of nitrogens with zero attached hydrogens (tertiary/aromatic N) is 2. The van der Waals surface area contributed by atoms with E-state index in [9.17, 15) is 9.59 Å². The highest BCUT2D eigenvalue weighted by molar-refractivity contribution is 7.22. The number of hydrogen-bond acceptors (Lipinski definition) is 10. The molecule has 0 N–H and O–H groups in total. The number of rotatable bonds is 14. The summed E-state index contributed by atoms with van der Waals surface area (Å²) in [5.41, 5.74) is 13.6.